The Balaban J connectivity index is 2.45. The first-order valence-corrected chi connectivity index (χ1v) is 10.8. The smallest absolute Gasteiger partial charge is 0.293 e. The minimum absolute atomic E-state index is 0.0979. The number of nitrogens with zero attached hydrogens (tertiary/aromatic N) is 2. The van der Waals surface area contributed by atoms with Gasteiger partial charge in [0.2, 0.25) is 10.0 Å². The number of rotatable bonds is 9. The lowest BCUT2D eigenvalue weighted by Gasteiger charge is -2.20. The van der Waals surface area contributed by atoms with Crippen molar-refractivity contribution in [1.82, 2.24) is 4.31 Å². The molecule has 0 aliphatic rings. The van der Waals surface area contributed by atoms with Crippen molar-refractivity contribution in [2.24, 2.45) is 0 Å². The molecule has 0 radical (unpaired) electrons. The van der Waals surface area contributed by atoms with Crippen LogP contribution in [-0.2, 0) is 10.0 Å². The van der Waals surface area contributed by atoms with E-state index in [1.807, 2.05) is 32.0 Å². The number of methoxy groups -OCH3 is 1. The van der Waals surface area contributed by atoms with Crippen LogP contribution in [0.4, 0.5) is 11.4 Å². The Labute approximate surface area is 171 Å². The van der Waals surface area contributed by atoms with E-state index < -0.39 is 14.9 Å². The van der Waals surface area contributed by atoms with Crippen molar-refractivity contribution in [3.05, 3.63) is 57.6 Å². The highest BCUT2D eigenvalue weighted by Crippen LogP contribution is 2.34. The molecule has 0 heterocycles. The van der Waals surface area contributed by atoms with Gasteiger partial charge in [0.1, 0.15) is 11.4 Å². The lowest BCUT2D eigenvalue weighted by atomic mass is 10.0. The second-order valence-corrected chi connectivity index (χ2v) is 8.57. The van der Waals surface area contributed by atoms with Crippen molar-refractivity contribution < 1.29 is 18.1 Å². The summed E-state index contributed by atoms with van der Waals surface area (Å²) in [6.45, 7) is 7.84. The van der Waals surface area contributed by atoms with E-state index >= 15 is 0 Å². The van der Waals surface area contributed by atoms with Crippen LogP contribution in [0, 0.1) is 17.0 Å². The normalized spacial score (nSPS) is 12.6. The highest BCUT2D eigenvalue weighted by Gasteiger charge is 2.26. The van der Waals surface area contributed by atoms with Crippen molar-refractivity contribution in [1.29, 1.82) is 0 Å². The average molecular weight is 422 g/mol. The first kappa shape index (κ1) is 22.6. The number of sulfonamides is 1. The molecule has 2 rings (SSSR count). The van der Waals surface area contributed by atoms with Crippen LogP contribution in [0.2, 0.25) is 0 Å². The first-order valence-electron chi connectivity index (χ1n) is 9.35. The third-order valence-electron chi connectivity index (χ3n) is 4.73. The highest BCUT2D eigenvalue weighted by molar-refractivity contribution is 7.89. The molecule has 0 bridgehead atoms. The monoisotopic (exact) mass is 421 g/mol. The topological polar surface area (TPSA) is 102 Å². The molecule has 0 aromatic heterocycles. The van der Waals surface area contributed by atoms with E-state index in [4.69, 9.17) is 4.74 Å². The van der Waals surface area contributed by atoms with Crippen molar-refractivity contribution in [2.75, 3.05) is 25.5 Å². The van der Waals surface area contributed by atoms with Crippen LogP contribution in [0.15, 0.2) is 41.3 Å². The minimum atomic E-state index is -3.79. The second kappa shape index (κ2) is 9.23. The molecule has 0 aliphatic carbocycles. The van der Waals surface area contributed by atoms with Gasteiger partial charge in [-0.3, -0.25) is 10.1 Å². The number of hydrogen-bond donors (Lipinski definition) is 1. The molecule has 1 N–H and O–H groups in total. The molecule has 158 valence electrons. The molecule has 9 heteroatoms. The molecule has 2 aromatic rings. The van der Waals surface area contributed by atoms with Crippen molar-refractivity contribution >= 4 is 21.4 Å². The molecule has 1 atom stereocenters. The van der Waals surface area contributed by atoms with Crippen LogP contribution in [0.5, 0.6) is 5.75 Å². The van der Waals surface area contributed by atoms with Crippen LogP contribution in [0.1, 0.15) is 37.9 Å². The minimum Gasteiger partial charge on any atom is -0.496 e. The molecule has 2 aromatic carbocycles. The number of ether oxygens (including phenoxy) is 1. The van der Waals surface area contributed by atoms with Gasteiger partial charge in [-0.25, -0.2) is 8.42 Å². The maximum atomic E-state index is 12.7. The molecular formula is C20H27N3O5S. The maximum absolute atomic E-state index is 12.7. The number of benzene rings is 2. The van der Waals surface area contributed by atoms with Crippen LogP contribution in [0.3, 0.4) is 0 Å². The summed E-state index contributed by atoms with van der Waals surface area (Å²) in [5.41, 5.74) is 1.83. The van der Waals surface area contributed by atoms with Gasteiger partial charge in [0, 0.05) is 24.7 Å². The second-order valence-electron chi connectivity index (χ2n) is 6.64. The molecular weight excluding hydrogens is 394 g/mol. The van der Waals surface area contributed by atoms with E-state index in [-0.39, 0.29) is 35.4 Å². The molecule has 0 amide bonds. The van der Waals surface area contributed by atoms with E-state index in [0.717, 1.165) is 17.2 Å². The Hall–Kier alpha value is -2.65. The molecule has 0 unspecified atom stereocenters. The summed E-state index contributed by atoms with van der Waals surface area (Å²) in [7, 11) is -2.22. The zero-order valence-electron chi connectivity index (χ0n) is 17.3. The van der Waals surface area contributed by atoms with Crippen molar-refractivity contribution in [3.8, 4) is 5.75 Å². The molecule has 0 aliphatic heterocycles. The Morgan fingerprint density at radius 3 is 2.38 bits per heavy atom. The Morgan fingerprint density at radius 1 is 1.17 bits per heavy atom. The van der Waals surface area contributed by atoms with E-state index in [2.05, 4.69) is 5.32 Å². The molecule has 0 saturated carbocycles. The number of nitro benzene ring substituents is 1. The fraction of sp³-hybridized carbons (Fsp3) is 0.400. The van der Waals surface area contributed by atoms with Gasteiger partial charge < -0.3 is 10.1 Å². The standard InChI is InChI=1S/C20H27N3O5S/c1-6-22(7-2)29(26,27)16-9-10-18(19(13-16)23(24)25)21-15(4)17-12-14(3)8-11-20(17)28-5/h8-13,15,21H,6-7H2,1-5H3/t15-/m1/s1. The quantitative estimate of drug-likeness (QED) is 0.483. The van der Waals surface area contributed by atoms with Gasteiger partial charge in [-0.05, 0) is 32.0 Å². The number of hydrogen-bond acceptors (Lipinski definition) is 6. The Kier molecular flexibility index (Phi) is 7.21. The lowest BCUT2D eigenvalue weighted by molar-refractivity contribution is -0.384. The highest BCUT2D eigenvalue weighted by atomic mass is 32.2. The van der Waals surface area contributed by atoms with E-state index in [9.17, 15) is 18.5 Å². The number of nitro groups is 1. The average Bonchev–Trinajstić information content (AvgIpc) is 2.68. The predicted molar refractivity (Wildman–Crippen MR) is 113 cm³/mol. The third kappa shape index (κ3) is 4.86. The van der Waals surface area contributed by atoms with Gasteiger partial charge in [0.15, 0.2) is 0 Å². The van der Waals surface area contributed by atoms with Crippen LogP contribution < -0.4 is 10.1 Å². The summed E-state index contributed by atoms with van der Waals surface area (Å²) < 4.78 is 32.1. The number of aryl methyl sites for hydroxylation is 1. The summed E-state index contributed by atoms with van der Waals surface area (Å²) in [5.74, 6) is 0.666. The summed E-state index contributed by atoms with van der Waals surface area (Å²) >= 11 is 0. The summed E-state index contributed by atoms with van der Waals surface area (Å²) in [6.07, 6.45) is 0. The largest absolute Gasteiger partial charge is 0.496 e. The Morgan fingerprint density at radius 2 is 1.83 bits per heavy atom. The molecule has 8 nitrogen and oxygen atoms in total. The van der Waals surface area contributed by atoms with Crippen molar-refractivity contribution in [2.45, 2.75) is 38.6 Å². The van der Waals surface area contributed by atoms with Gasteiger partial charge >= 0.3 is 0 Å². The zero-order valence-corrected chi connectivity index (χ0v) is 18.1. The fourth-order valence-corrected chi connectivity index (χ4v) is 4.64. The maximum Gasteiger partial charge on any atom is 0.293 e. The fourth-order valence-electron chi connectivity index (χ4n) is 3.16. The SMILES string of the molecule is CCN(CC)S(=O)(=O)c1ccc(N[C@H](C)c2cc(C)ccc2OC)c([N+](=O)[O-])c1. The van der Waals surface area contributed by atoms with Crippen LogP contribution >= 0.6 is 0 Å². The number of anilines is 1. The number of nitrogens with one attached hydrogen (secondary N) is 1. The lowest BCUT2D eigenvalue weighted by Crippen LogP contribution is -2.30. The van der Waals surface area contributed by atoms with E-state index in [1.54, 1.807) is 21.0 Å². The molecule has 0 spiro atoms. The van der Waals surface area contributed by atoms with Gasteiger partial charge in [-0.15, -0.1) is 0 Å². The van der Waals surface area contributed by atoms with Gasteiger partial charge in [0.05, 0.1) is 23.0 Å². The van der Waals surface area contributed by atoms with Crippen LogP contribution in [-0.4, -0.2) is 37.8 Å². The van der Waals surface area contributed by atoms with Gasteiger partial charge in [-0.1, -0.05) is 31.5 Å². The molecule has 0 fully saturated rings. The van der Waals surface area contributed by atoms with Gasteiger partial charge in [0.25, 0.3) is 5.69 Å². The summed E-state index contributed by atoms with van der Waals surface area (Å²) in [4.78, 5) is 11.0. The van der Waals surface area contributed by atoms with E-state index in [1.165, 1.54) is 16.4 Å². The Bertz CT molecular complexity index is 988. The third-order valence-corrected chi connectivity index (χ3v) is 6.78. The summed E-state index contributed by atoms with van der Waals surface area (Å²) in [6, 6.07) is 9.35. The molecule has 0 saturated heterocycles. The first-order chi connectivity index (χ1) is 13.6. The molecule has 29 heavy (non-hydrogen) atoms. The van der Waals surface area contributed by atoms with Crippen LogP contribution in [0.25, 0.3) is 0 Å². The van der Waals surface area contributed by atoms with Crippen molar-refractivity contribution in [3.63, 3.8) is 0 Å². The zero-order chi connectivity index (χ0) is 21.8. The van der Waals surface area contributed by atoms with E-state index in [0.29, 0.717) is 5.75 Å². The summed E-state index contributed by atoms with van der Waals surface area (Å²) in [5, 5.41) is 14.8. The van der Waals surface area contributed by atoms with Gasteiger partial charge in [-0.2, -0.15) is 4.31 Å². The predicted octanol–water partition coefficient (Wildman–Crippen LogP) is 4.12.